The predicted octanol–water partition coefficient (Wildman–Crippen LogP) is 3.70. The summed E-state index contributed by atoms with van der Waals surface area (Å²) in [6.07, 6.45) is 0. The number of hydrogen-bond donors (Lipinski definition) is 0. The van der Waals surface area contributed by atoms with Crippen LogP contribution in [0.2, 0.25) is 0 Å². The van der Waals surface area contributed by atoms with Gasteiger partial charge in [0.15, 0.2) is 0 Å². The quantitative estimate of drug-likeness (QED) is 0.358. The summed E-state index contributed by atoms with van der Waals surface area (Å²) in [6.45, 7) is 0. The zero-order valence-electron chi connectivity index (χ0n) is 13.1. The maximum atomic E-state index is 12.8. The molecule has 0 fully saturated rings. The van der Waals surface area contributed by atoms with E-state index < -0.39 is 16.9 Å². The number of halogens is 2. The van der Waals surface area contributed by atoms with Gasteiger partial charge in [0, 0.05) is 0 Å². The van der Waals surface area contributed by atoms with Crippen LogP contribution in [0.1, 0.15) is 0 Å². The monoisotopic (exact) mass is 376 g/mol. The molecule has 0 aromatic heterocycles. The Bertz CT molecular complexity index is 677. The van der Waals surface area contributed by atoms with Crippen molar-refractivity contribution in [3.63, 3.8) is 0 Å². The second-order valence-electron chi connectivity index (χ2n) is 5.23. The van der Waals surface area contributed by atoms with Crippen molar-refractivity contribution in [1.82, 2.24) is 0 Å². The third-order valence-electron chi connectivity index (χ3n) is 3.87. The molecule has 0 saturated carbocycles. The molecule has 0 aliphatic heterocycles. The van der Waals surface area contributed by atoms with Crippen molar-refractivity contribution < 1.29 is 22.7 Å². The van der Waals surface area contributed by atoms with Crippen LogP contribution >= 0.6 is 8.60 Å². The minimum atomic E-state index is -3.23. The van der Waals surface area contributed by atoms with E-state index in [0.717, 1.165) is 15.6 Å². The molecule has 3 nitrogen and oxygen atoms in total. The summed E-state index contributed by atoms with van der Waals surface area (Å²) in [5, 5.41) is 2.48. The van der Waals surface area contributed by atoms with Crippen LogP contribution in [-0.4, -0.2) is 8.32 Å². The Labute approximate surface area is 146 Å². The Balaban J connectivity index is 2.27. The summed E-state index contributed by atoms with van der Waals surface area (Å²) in [7, 11) is -6.02. The van der Waals surface area contributed by atoms with Gasteiger partial charge in [0.05, 0.1) is 0 Å². The van der Waals surface area contributed by atoms with E-state index in [9.17, 15) is 9.05 Å². The molecule has 3 aromatic carbocycles. The lowest BCUT2D eigenvalue weighted by Gasteiger charge is -2.32. The van der Waals surface area contributed by atoms with Crippen LogP contribution < -0.4 is 15.6 Å². The van der Waals surface area contributed by atoms with E-state index in [4.69, 9.17) is 4.21 Å². The molecule has 0 saturated heterocycles. The lowest BCUT2D eigenvalue weighted by molar-refractivity contribution is -0.0862. The molecule has 0 amide bonds. The molecule has 0 unspecified atom stereocenters. The second kappa shape index (κ2) is 8.42. The van der Waals surface area contributed by atoms with Gasteiger partial charge in [0.1, 0.15) is 0 Å². The van der Waals surface area contributed by atoms with E-state index in [1.54, 1.807) is 0 Å². The van der Waals surface area contributed by atoms with Gasteiger partial charge in [-0.3, -0.25) is 0 Å². The van der Waals surface area contributed by atoms with Gasteiger partial charge >= 0.3 is 8.60 Å². The van der Waals surface area contributed by atoms with Crippen LogP contribution in [0, 0.1) is 0 Å². The molecule has 0 radical (unpaired) electrons. The van der Waals surface area contributed by atoms with Crippen molar-refractivity contribution >= 4 is 32.5 Å². The number of rotatable bonds is 7. The normalized spacial score (nSPS) is 11.6. The van der Waals surface area contributed by atoms with Gasteiger partial charge in [-0.15, -0.1) is 9.46 Å². The fourth-order valence-corrected chi connectivity index (χ4v) is 8.22. The van der Waals surface area contributed by atoms with Gasteiger partial charge in [-0.1, -0.05) is 91.0 Å². The highest BCUT2D eigenvalue weighted by Crippen LogP contribution is 2.43. The fraction of sp³-hybridized carbons (Fsp3) is 0. The Morgan fingerprint density at radius 1 is 0.560 bits per heavy atom. The molecule has 0 atom stereocenters. The standard InChI is InChI=1S/C18H15F2O3PSi/c19-21-24(22-20)23-25(16-10-4-1-5-11-16,17-12-6-2-7-13-17)18-14-8-3-9-15-18/h1-15H. The first-order valence-electron chi connectivity index (χ1n) is 7.54. The molecular weight excluding hydrogens is 361 g/mol. The number of benzene rings is 3. The van der Waals surface area contributed by atoms with Crippen molar-refractivity contribution in [3.8, 4) is 0 Å². The Morgan fingerprint density at radius 2 is 0.880 bits per heavy atom. The van der Waals surface area contributed by atoms with Crippen molar-refractivity contribution in [3.05, 3.63) is 91.0 Å². The van der Waals surface area contributed by atoms with E-state index in [-0.39, 0.29) is 0 Å². The summed E-state index contributed by atoms with van der Waals surface area (Å²) in [4.78, 5) is 0. The van der Waals surface area contributed by atoms with Crippen LogP contribution in [0.4, 0.5) is 9.05 Å². The highest BCUT2D eigenvalue weighted by atomic mass is 31.2. The molecule has 128 valence electrons. The molecule has 3 aromatic rings. The summed E-state index contributed by atoms with van der Waals surface area (Å²) in [5.41, 5.74) is 0. The molecule has 0 bridgehead atoms. The Hall–Kier alpha value is -1.95. The molecular formula is C18H15F2O3PSi. The van der Waals surface area contributed by atoms with E-state index in [0.29, 0.717) is 0 Å². The first-order chi connectivity index (χ1) is 12.3. The Morgan fingerprint density at radius 3 is 1.16 bits per heavy atom. The molecule has 0 heterocycles. The van der Waals surface area contributed by atoms with E-state index in [1.165, 1.54) is 0 Å². The predicted molar refractivity (Wildman–Crippen MR) is 96.4 cm³/mol. The molecule has 7 heteroatoms. The van der Waals surface area contributed by atoms with Gasteiger partial charge in [0.2, 0.25) is 0 Å². The van der Waals surface area contributed by atoms with Gasteiger partial charge in [-0.25, -0.2) is 0 Å². The summed E-state index contributed by atoms with van der Waals surface area (Å²) in [5.74, 6) is 0. The molecule has 3 rings (SSSR count). The van der Waals surface area contributed by atoms with Crippen LogP contribution in [0.15, 0.2) is 91.0 Å². The molecule has 0 aliphatic rings. The number of hydrogen-bond acceptors (Lipinski definition) is 3. The first-order valence-corrected chi connectivity index (χ1v) is 10.5. The molecule has 0 N–H and O–H groups in total. The van der Waals surface area contributed by atoms with E-state index in [2.05, 4.69) is 9.46 Å². The third kappa shape index (κ3) is 3.68. The minimum Gasteiger partial charge on any atom is -0.336 e. The SMILES string of the molecule is FOP(OF)O[Si](c1ccccc1)(c1ccccc1)c1ccccc1. The highest BCUT2D eigenvalue weighted by Gasteiger charge is 2.46. The average molecular weight is 376 g/mol. The van der Waals surface area contributed by atoms with Crippen LogP contribution in [0.5, 0.6) is 0 Å². The highest BCUT2D eigenvalue weighted by molar-refractivity contribution is 7.45. The second-order valence-corrected chi connectivity index (χ2v) is 9.78. The fourth-order valence-electron chi connectivity index (χ4n) is 2.83. The van der Waals surface area contributed by atoms with Gasteiger partial charge in [-0.05, 0) is 24.6 Å². The van der Waals surface area contributed by atoms with Crippen molar-refractivity contribution in [2.75, 3.05) is 0 Å². The maximum absolute atomic E-state index is 12.8. The summed E-state index contributed by atoms with van der Waals surface area (Å²) >= 11 is 0. The molecule has 0 spiro atoms. The summed E-state index contributed by atoms with van der Waals surface area (Å²) in [6, 6.07) is 28.1. The average Bonchev–Trinajstić information content (AvgIpc) is 2.71. The minimum absolute atomic E-state index is 0.828. The van der Waals surface area contributed by atoms with E-state index in [1.807, 2.05) is 91.0 Å². The van der Waals surface area contributed by atoms with Crippen LogP contribution in [0.25, 0.3) is 0 Å². The molecule has 25 heavy (non-hydrogen) atoms. The zero-order chi connectivity index (χ0) is 17.5. The van der Waals surface area contributed by atoms with Gasteiger partial charge in [-0.2, -0.15) is 0 Å². The van der Waals surface area contributed by atoms with E-state index >= 15 is 0 Å². The summed E-state index contributed by atoms with van der Waals surface area (Å²) < 4.78 is 38.7. The lowest BCUT2D eigenvalue weighted by Crippen LogP contribution is -2.68. The third-order valence-corrected chi connectivity index (χ3v) is 9.22. The smallest absolute Gasteiger partial charge is 0.336 e. The van der Waals surface area contributed by atoms with Crippen molar-refractivity contribution in [2.24, 2.45) is 0 Å². The van der Waals surface area contributed by atoms with Gasteiger partial charge < -0.3 is 4.21 Å². The zero-order valence-corrected chi connectivity index (χ0v) is 15.0. The lowest BCUT2D eigenvalue weighted by atomic mass is 10.3. The van der Waals surface area contributed by atoms with Crippen LogP contribution in [0.3, 0.4) is 0 Å². The van der Waals surface area contributed by atoms with Crippen molar-refractivity contribution in [2.45, 2.75) is 0 Å². The Kier molecular flexibility index (Phi) is 6.02. The van der Waals surface area contributed by atoms with Crippen LogP contribution in [-0.2, 0) is 13.7 Å². The molecule has 0 aliphatic carbocycles. The topological polar surface area (TPSA) is 27.7 Å². The largest absolute Gasteiger partial charge is 0.393 e. The first kappa shape index (κ1) is 17.9. The van der Waals surface area contributed by atoms with Crippen molar-refractivity contribution in [1.29, 1.82) is 0 Å². The van der Waals surface area contributed by atoms with Gasteiger partial charge in [0.25, 0.3) is 8.32 Å². The maximum Gasteiger partial charge on any atom is 0.393 e.